The van der Waals surface area contributed by atoms with Crippen molar-refractivity contribution in [2.45, 2.75) is 20.0 Å². The average Bonchev–Trinajstić information content (AvgIpc) is 2.73. The van der Waals surface area contributed by atoms with E-state index in [0.29, 0.717) is 0 Å². The van der Waals surface area contributed by atoms with Gasteiger partial charge in [-0.2, -0.15) is 5.10 Å². The Morgan fingerprint density at radius 1 is 1.35 bits per heavy atom. The van der Waals surface area contributed by atoms with E-state index in [1.807, 2.05) is 19.2 Å². The maximum absolute atomic E-state index is 6.31. The summed E-state index contributed by atoms with van der Waals surface area (Å²) in [5, 5.41) is 8.58. The molecule has 17 heavy (non-hydrogen) atoms. The van der Waals surface area contributed by atoms with E-state index in [2.05, 4.69) is 27.2 Å². The molecule has 0 saturated heterocycles. The minimum Gasteiger partial charge on any atom is -0.309 e. The van der Waals surface area contributed by atoms with Gasteiger partial charge < -0.3 is 5.32 Å². The van der Waals surface area contributed by atoms with Crippen molar-refractivity contribution in [2.75, 3.05) is 6.54 Å². The van der Waals surface area contributed by atoms with Gasteiger partial charge in [0.15, 0.2) is 0 Å². The number of hydrogen-bond acceptors (Lipinski definition) is 2. The quantitative estimate of drug-likeness (QED) is 0.840. The molecule has 2 heterocycles. The Hall–Kier alpha value is -1.32. The molecule has 0 radical (unpaired) electrons. The van der Waals surface area contributed by atoms with Crippen molar-refractivity contribution in [2.24, 2.45) is 0 Å². The second-order valence-corrected chi connectivity index (χ2v) is 4.80. The maximum Gasteiger partial charge on any atom is 0.0601 e. The molecule has 0 atom stereocenters. The van der Waals surface area contributed by atoms with Crippen LogP contribution >= 0.6 is 11.6 Å². The molecule has 2 aromatic rings. The van der Waals surface area contributed by atoms with Crippen LogP contribution in [0.4, 0.5) is 0 Å². The minimum absolute atomic E-state index is 0.798. The van der Waals surface area contributed by atoms with Crippen molar-refractivity contribution in [1.82, 2.24) is 15.1 Å². The summed E-state index contributed by atoms with van der Waals surface area (Å²) < 4.78 is 2.06. The molecule has 1 N–H and O–H groups in total. The molecule has 0 bridgehead atoms. The lowest BCUT2D eigenvalue weighted by atomic mass is 10.0. The fourth-order valence-electron chi connectivity index (χ4n) is 2.25. The van der Waals surface area contributed by atoms with Crippen LogP contribution in [0.5, 0.6) is 0 Å². The summed E-state index contributed by atoms with van der Waals surface area (Å²) in [6.07, 6.45) is 1.92. The van der Waals surface area contributed by atoms with Crippen LogP contribution in [0.3, 0.4) is 0 Å². The number of rotatable bonds is 1. The second kappa shape index (κ2) is 4.17. The van der Waals surface area contributed by atoms with Gasteiger partial charge in [0.1, 0.15) is 0 Å². The highest BCUT2D eigenvalue weighted by Gasteiger charge is 2.17. The third kappa shape index (κ3) is 1.85. The summed E-state index contributed by atoms with van der Waals surface area (Å²) in [7, 11) is 0. The first kappa shape index (κ1) is 10.8. The largest absolute Gasteiger partial charge is 0.309 e. The summed E-state index contributed by atoms with van der Waals surface area (Å²) in [5.41, 5.74) is 4.62. The highest BCUT2D eigenvalue weighted by Crippen LogP contribution is 2.31. The second-order valence-electron chi connectivity index (χ2n) is 4.39. The molecular formula is C13H14ClN3. The molecule has 0 saturated carbocycles. The van der Waals surface area contributed by atoms with Crippen molar-refractivity contribution >= 4 is 11.6 Å². The van der Waals surface area contributed by atoms with E-state index in [1.165, 1.54) is 11.3 Å². The standard InChI is InChI=1S/C13H14ClN3/c1-9-2-3-10(12(14)6-9)11-7-16-17-5-4-15-8-13(11)17/h2-3,6-7,15H,4-5,8H2,1H3. The van der Waals surface area contributed by atoms with Crippen molar-refractivity contribution < 1.29 is 0 Å². The first-order valence-corrected chi connectivity index (χ1v) is 6.15. The van der Waals surface area contributed by atoms with Gasteiger partial charge in [-0.25, -0.2) is 0 Å². The van der Waals surface area contributed by atoms with E-state index in [4.69, 9.17) is 11.6 Å². The number of halogens is 1. The van der Waals surface area contributed by atoms with Crippen molar-refractivity contribution in [3.05, 3.63) is 40.7 Å². The zero-order valence-electron chi connectivity index (χ0n) is 9.70. The number of nitrogens with zero attached hydrogens (tertiary/aromatic N) is 2. The van der Waals surface area contributed by atoms with Crippen LogP contribution in [0.1, 0.15) is 11.3 Å². The smallest absolute Gasteiger partial charge is 0.0601 e. The molecule has 1 aliphatic heterocycles. The third-order valence-electron chi connectivity index (χ3n) is 3.16. The van der Waals surface area contributed by atoms with Gasteiger partial charge in [-0.15, -0.1) is 0 Å². The van der Waals surface area contributed by atoms with E-state index in [0.717, 1.165) is 35.8 Å². The minimum atomic E-state index is 0.798. The first-order valence-electron chi connectivity index (χ1n) is 5.77. The van der Waals surface area contributed by atoms with Gasteiger partial charge in [0.25, 0.3) is 0 Å². The van der Waals surface area contributed by atoms with Crippen molar-refractivity contribution in [3.8, 4) is 11.1 Å². The zero-order valence-corrected chi connectivity index (χ0v) is 10.5. The maximum atomic E-state index is 6.31. The number of hydrogen-bond donors (Lipinski definition) is 1. The number of aryl methyl sites for hydroxylation is 1. The molecule has 88 valence electrons. The lowest BCUT2D eigenvalue weighted by Crippen LogP contribution is -2.28. The number of benzene rings is 1. The Labute approximate surface area is 105 Å². The molecule has 1 aliphatic rings. The third-order valence-corrected chi connectivity index (χ3v) is 3.47. The summed E-state index contributed by atoms with van der Waals surface area (Å²) >= 11 is 6.31. The Morgan fingerprint density at radius 3 is 3.06 bits per heavy atom. The van der Waals surface area contributed by atoms with Crippen LogP contribution in [0.2, 0.25) is 5.02 Å². The first-order chi connectivity index (χ1) is 8.25. The Kier molecular flexibility index (Phi) is 2.65. The van der Waals surface area contributed by atoms with Gasteiger partial charge in [-0.1, -0.05) is 23.7 Å². The SMILES string of the molecule is Cc1ccc(-c2cnn3c2CNCC3)c(Cl)c1. The highest BCUT2D eigenvalue weighted by molar-refractivity contribution is 6.33. The van der Waals surface area contributed by atoms with E-state index in [1.54, 1.807) is 0 Å². The average molecular weight is 248 g/mol. The zero-order chi connectivity index (χ0) is 11.8. The molecule has 4 heteroatoms. The molecule has 3 nitrogen and oxygen atoms in total. The van der Waals surface area contributed by atoms with Gasteiger partial charge in [-0.3, -0.25) is 4.68 Å². The van der Waals surface area contributed by atoms with Crippen molar-refractivity contribution in [1.29, 1.82) is 0 Å². The molecule has 0 aliphatic carbocycles. The molecule has 0 fully saturated rings. The Bertz CT molecular complexity index is 560. The van der Waals surface area contributed by atoms with E-state index in [-0.39, 0.29) is 0 Å². The van der Waals surface area contributed by atoms with Gasteiger partial charge in [0, 0.05) is 29.2 Å². The Balaban J connectivity index is 2.12. The molecule has 0 spiro atoms. The van der Waals surface area contributed by atoms with Gasteiger partial charge >= 0.3 is 0 Å². The van der Waals surface area contributed by atoms with Gasteiger partial charge in [-0.05, 0) is 18.6 Å². The summed E-state index contributed by atoms with van der Waals surface area (Å²) in [6, 6.07) is 6.16. The summed E-state index contributed by atoms with van der Waals surface area (Å²) in [5.74, 6) is 0. The van der Waals surface area contributed by atoms with Crippen LogP contribution < -0.4 is 5.32 Å². The van der Waals surface area contributed by atoms with E-state index >= 15 is 0 Å². The molecule has 0 unspecified atom stereocenters. The number of aromatic nitrogens is 2. The highest BCUT2D eigenvalue weighted by atomic mass is 35.5. The number of nitrogens with one attached hydrogen (secondary N) is 1. The van der Waals surface area contributed by atoms with Crippen LogP contribution in [-0.4, -0.2) is 16.3 Å². The summed E-state index contributed by atoms with van der Waals surface area (Å²) in [6.45, 7) is 4.82. The topological polar surface area (TPSA) is 29.9 Å². The lowest BCUT2D eigenvalue weighted by molar-refractivity contribution is 0.476. The molecule has 3 rings (SSSR count). The van der Waals surface area contributed by atoms with Gasteiger partial charge in [0.05, 0.1) is 18.4 Å². The molecule has 1 aromatic heterocycles. The van der Waals surface area contributed by atoms with Gasteiger partial charge in [0.2, 0.25) is 0 Å². The monoisotopic (exact) mass is 247 g/mol. The predicted molar refractivity (Wildman–Crippen MR) is 69.1 cm³/mol. The van der Waals surface area contributed by atoms with E-state index < -0.39 is 0 Å². The fourth-order valence-corrected chi connectivity index (χ4v) is 2.58. The van der Waals surface area contributed by atoms with Crippen LogP contribution in [-0.2, 0) is 13.1 Å². The van der Waals surface area contributed by atoms with Crippen molar-refractivity contribution in [3.63, 3.8) is 0 Å². The van der Waals surface area contributed by atoms with Crippen LogP contribution in [0, 0.1) is 6.92 Å². The molecule has 0 amide bonds. The predicted octanol–water partition coefficient (Wildman–Crippen LogP) is 2.62. The number of fused-ring (bicyclic) bond motifs is 1. The molecule has 1 aromatic carbocycles. The normalized spacial score (nSPS) is 14.7. The van der Waals surface area contributed by atoms with Crippen LogP contribution in [0.15, 0.2) is 24.4 Å². The Morgan fingerprint density at radius 2 is 2.24 bits per heavy atom. The summed E-state index contributed by atoms with van der Waals surface area (Å²) in [4.78, 5) is 0. The van der Waals surface area contributed by atoms with E-state index in [9.17, 15) is 0 Å². The lowest BCUT2D eigenvalue weighted by Gasteiger charge is -2.16. The molecular weight excluding hydrogens is 234 g/mol. The fraction of sp³-hybridized carbons (Fsp3) is 0.308. The van der Waals surface area contributed by atoms with Crippen LogP contribution in [0.25, 0.3) is 11.1 Å².